The third-order valence-corrected chi connectivity index (χ3v) is 3.87. The monoisotopic (exact) mass is 287 g/mol. The number of sulfone groups is 1. The van der Waals surface area contributed by atoms with E-state index in [1.54, 1.807) is 6.07 Å². The topological polar surface area (TPSA) is 37.4 Å². The van der Waals surface area contributed by atoms with Gasteiger partial charge < -0.3 is 0 Å². The van der Waals surface area contributed by atoms with Crippen molar-refractivity contribution in [2.24, 2.45) is 0 Å². The van der Waals surface area contributed by atoms with E-state index in [0.717, 1.165) is 5.56 Å². The highest BCUT2D eigenvalue weighted by Gasteiger charge is 2.22. The molecule has 1 aromatic rings. The summed E-state index contributed by atoms with van der Waals surface area (Å²) in [6.45, 7) is 7.05. The van der Waals surface area contributed by atoms with E-state index >= 15 is 0 Å². The summed E-state index contributed by atoms with van der Waals surface area (Å²) in [4.78, 5) is 2.04. The Morgan fingerprint density at radius 1 is 1.26 bits per heavy atom. The zero-order valence-electron chi connectivity index (χ0n) is 12.0. The maximum absolute atomic E-state index is 13.2. The smallest absolute Gasteiger partial charge is 0.148 e. The van der Waals surface area contributed by atoms with Gasteiger partial charge in [0.05, 0.1) is 5.75 Å². The van der Waals surface area contributed by atoms with Crippen LogP contribution in [0.5, 0.6) is 0 Å². The lowest BCUT2D eigenvalue weighted by Gasteiger charge is -2.35. The fourth-order valence-electron chi connectivity index (χ4n) is 1.78. The first-order valence-electron chi connectivity index (χ1n) is 6.25. The van der Waals surface area contributed by atoms with Crippen LogP contribution in [0.3, 0.4) is 0 Å². The molecule has 1 aromatic carbocycles. The molecule has 0 unspecified atom stereocenters. The van der Waals surface area contributed by atoms with E-state index in [9.17, 15) is 12.8 Å². The van der Waals surface area contributed by atoms with Gasteiger partial charge >= 0.3 is 0 Å². The van der Waals surface area contributed by atoms with Gasteiger partial charge in [-0.1, -0.05) is 12.1 Å². The Labute approximate surface area is 115 Å². The average molecular weight is 287 g/mol. The van der Waals surface area contributed by atoms with E-state index in [-0.39, 0.29) is 17.1 Å². The predicted octanol–water partition coefficient (Wildman–Crippen LogP) is 2.47. The van der Waals surface area contributed by atoms with E-state index in [2.05, 4.69) is 0 Å². The number of benzene rings is 1. The van der Waals surface area contributed by atoms with Gasteiger partial charge in [-0.3, -0.25) is 4.90 Å². The molecule has 0 aliphatic carbocycles. The molecule has 0 heterocycles. The van der Waals surface area contributed by atoms with Crippen LogP contribution >= 0.6 is 0 Å². The highest BCUT2D eigenvalue weighted by atomic mass is 32.2. The van der Waals surface area contributed by atoms with Crippen LogP contribution in [0, 0.1) is 5.82 Å². The Morgan fingerprint density at radius 2 is 1.89 bits per heavy atom. The number of rotatable bonds is 5. The van der Waals surface area contributed by atoms with Gasteiger partial charge in [0.25, 0.3) is 0 Å². The molecule has 108 valence electrons. The normalized spacial score (nSPS) is 12.9. The summed E-state index contributed by atoms with van der Waals surface area (Å²) in [7, 11) is -3.00. The van der Waals surface area contributed by atoms with Crippen molar-refractivity contribution in [1.29, 1.82) is 0 Å². The molecule has 0 atom stereocenters. The van der Waals surface area contributed by atoms with Gasteiger partial charge in [-0.05, 0) is 38.5 Å². The Kier molecular flexibility index (Phi) is 5.10. The SMILES string of the molecule is CC(C)(C)N(CCS(C)(=O)=O)Cc1cccc(F)c1. The largest absolute Gasteiger partial charge is 0.293 e. The second-order valence-corrected chi connectivity index (χ2v) is 8.11. The lowest BCUT2D eigenvalue weighted by molar-refractivity contribution is 0.137. The maximum Gasteiger partial charge on any atom is 0.148 e. The van der Waals surface area contributed by atoms with Gasteiger partial charge in [0.2, 0.25) is 0 Å². The minimum Gasteiger partial charge on any atom is -0.293 e. The van der Waals surface area contributed by atoms with Crippen LogP contribution in [-0.4, -0.2) is 37.4 Å². The molecule has 1 rings (SSSR count). The van der Waals surface area contributed by atoms with E-state index in [0.29, 0.717) is 13.1 Å². The maximum atomic E-state index is 13.2. The lowest BCUT2D eigenvalue weighted by atomic mass is 10.0. The number of halogens is 1. The zero-order chi connectivity index (χ0) is 14.7. The zero-order valence-corrected chi connectivity index (χ0v) is 12.8. The highest BCUT2D eigenvalue weighted by molar-refractivity contribution is 7.90. The van der Waals surface area contributed by atoms with Crippen LogP contribution in [0.2, 0.25) is 0 Å². The quantitative estimate of drug-likeness (QED) is 0.835. The van der Waals surface area contributed by atoms with Crippen LogP contribution < -0.4 is 0 Å². The molecule has 0 amide bonds. The molecule has 0 N–H and O–H groups in total. The molecule has 0 aliphatic heterocycles. The Bertz CT molecular complexity index is 520. The summed E-state index contributed by atoms with van der Waals surface area (Å²) in [5.74, 6) is -0.158. The average Bonchev–Trinajstić information content (AvgIpc) is 2.21. The van der Waals surface area contributed by atoms with Crippen molar-refractivity contribution < 1.29 is 12.8 Å². The van der Waals surface area contributed by atoms with Crippen molar-refractivity contribution in [2.75, 3.05) is 18.6 Å². The third-order valence-electron chi connectivity index (χ3n) is 2.94. The number of hydrogen-bond donors (Lipinski definition) is 0. The molecule has 0 bridgehead atoms. The van der Waals surface area contributed by atoms with Crippen LogP contribution in [0.15, 0.2) is 24.3 Å². The van der Waals surface area contributed by atoms with Crippen molar-refractivity contribution >= 4 is 9.84 Å². The minimum absolute atomic E-state index is 0.111. The second kappa shape index (κ2) is 6.01. The third kappa shape index (κ3) is 6.16. The van der Waals surface area contributed by atoms with Crippen molar-refractivity contribution in [3.63, 3.8) is 0 Å². The van der Waals surface area contributed by atoms with Crippen LogP contribution in [-0.2, 0) is 16.4 Å². The first-order valence-corrected chi connectivity index (χ1v) is 8.31. The highest BCUT2D eigenvalue weighted by Crippen LogP contribution is 2.17. The fourth-order valence-corrected chi connectivity index (χ4v) is 2.34. The lowest BCUT2D eigenvalue weighted by Crippen LogP contribution is -2.43. The fraction of sp³-hybridized carbons (Fsp3) is 0.571. The molecule has 0 aromatic heterocycles. The molecule has 19 heavy (non-hydrogen) atoms. The Hall–Kier alpha value is -0.940. The standard InChI is InChI=1S/C14H22FNO2S/c1-14(2,3)16(8-9-19(4,17)18)11-12-6-5-7-13(15)10-12/h5-7,10H,8-9,11H2,1-4H3. The van der Waals surface area contributed by atoms with Gasteiger partial charge in [0.1, 0.15) is 15.7 Å². The van der Waals surface area contributed by atoms with E-state index in [1.807, 2.05) is 31.7 Å². The molecule has 3 nitrogen and oxygen atoms in total. The predicted molar refractivity (Wildman–Crippen MR) is 76.3 cm³/mol. The molecule has 0 aliphatic rings. The van der Waals surface area contributed by atoms with Crippen LogP contribution in [0.1, 0.15) is 26.3 Å². The molecular formula is C14H22FNO2S. The molecule has 0 saturated carbocycles. The van der Waals surface area contributed by atoms with Crippen molar-refractivity contribution in [2.45, 2.75) is 32.9 Å². The van der Waals surface area contributed by atoms with Gasteiger partial charge in [-0.15, -0.1) is 0 Å². The first kappa shape index (κ1) is 16.1. The molecule has 0 radical (unpaired) electrons. The summed E-state index contributed by atoms with van der Waals surface area (Å²) < 4.78 is 35.7. The van der Waals surface area contributed by atoms with E-state index < -0.39 is 9.84 Å². The van der Waals surface area contributed by atoms with Crippen molar-refractivity contribution in [1.82, 2.24) is 4.90 Å². The van der Waals surface area contributed by atoms with Crippen LogP contribution in [0.25, 0.3) is 0 Å². The molecular weight excluding hydrogens is 265 g/mol. The summed E-state index contributed by atoms with van der Waals surface area (Å²) >= 11 is 0. The summed E-state index contributed by atoms with van der Waals surface area (Å²) in [5.41, 5.74) is 0.681. The van der Waals surface area contributed by atoms with Crippen molar-refractivity contribution in [3.8, 4) is 0 Å². The van der Waals surface area contributed by atoms with Gasteiger partial charge in [0, 0.05) is 24.9 Å². The molecule has 0 fully saturated rings. The van der Waals surface area contributed by atoms with E-state index in [4.69, 9.17) is 0 Å². The van der Waals surface area contributed by atoms with E-state index in [1.165, 1.54) is 18.4 Å². The number of hydrogen-bond acceptors (Lipinski definition) is 3. The first-order chi connectivity index (χ1) is 8.58. The Morgan fingerprint density at radius 3 is 2.37 bits per heavy atom. The van der Waals surface area contributed by atoms with Gasteiger partial charge in [-0.2, -0.15) is 0 Å². The summed E-state index contributed by atoms with van der Waals surface area (Å²) in [5, 5.41) is 0. The van der Waals surface area contributed by atoms with Gasteiger partial charge in [-0.25, -0.2) is 12.8 Å². The number of nitrogens with zero attached hydrogens (tertiary/aromatic N) is 1. The summed E-state index contributed by atoms with van der Waals surface area (Å²) in [6, 6.07) is 6.41. The molecule has 5 heteroatoms. The van der Waals surface area contributed by atoms with Crippen LogP contribution in [0.4, 0.5) is 4.39 Å². The molecule has 0 spiro atoms. The molecule has 0 saturated heterocycles. The Balaban J connectivity index is 2.81. The minimum atomic E-state index is -3.00. The van der Waals surface area contributed by atoms with Crippen molar-refractivity contribution in [3.05, 3.63) is 35.6 Å². The summed E-state index contributed by atoms with van der Waals surface area (Å²) in [6.07, 6.45) is 1.23. The van der Waals surface area contributed by atoms with Gasteiger partial charge in [0.15, 0.2) is 0 Å². The second-order valence-electron chi connectivity index (χ2n) is 5.85.